The van der Waals surface area contributed by atoms with Crippen molar-refractivity contribution < 1.29 is 19.0 Å². The van der Waals surface area contributed by atoms with Crippen LogP contribution in [0.1, 0.15) is 17.4 Å². The number of ether oxygens (including phenoxy) is 3. The number of hydrogen-bond acceptors (Lipinski definition) is 7. The van der Waals surface area contributed by atoms with Gasteiger partial charge in [0.1, 0.15) is 22.6 Å². The largest absolute Gasteiger partial charge is 0.496 e. The Morgan fingerprint density at radius 3 is 2.21 bits per heavy atom. The van der Waals surface area contributed by atoms with Gasteiger partial charge in [0.15, 0.2) is 0 Å². The van der Waals surface area contributed by atoms with Crippen molar-refractivity contribution in [3.05, 3.63) is 17.7 Å². The molecule has 1 aromatic rings. The first-order valence-corrected chi connectivity index (χ1v) is 10.7. The Kier molecular flexibility index (Phi) is 7.31. The molecule has 2 heterocycles. The molecule has 2 aliphatic heterocycles. The number of hydrogen-bond donors (Lipinski definition) is 0. The van der Waals surface area contributed by atoms with Gasteiger partial charge in [-0.25, -0.2) is 0 Å². The highest BCUT2D eigenvalue weighted by molar-refractivity contribution is 8.00. The molecular weight excluding hydrogens is 378 g/mol. The topological polar surface area (TPSA) is 54.5 Å². The summed E-state index contributed by atoms with van der Waals surface area (Å²) in [5, 5.41) is -0.101. The Bertz CT molecular complexity index is 654. The number of amides is 1. The first-order valence-electron chi connectivity index (χ1n) is 9.69. The van der Waals surface area contributed by atoms with Crippen molar-refractivity contribution in [1.29, 1.82) is 0 Å². The molecule has 0 bridgehead atoms. The predicted octanol–water partition coefficient (Wildman–Crippen LogP) is 1.92. The molecule has 0 aliphatic carbocycles. The monoisotopic (exact) mass is 409 g/mol. The fourth-order valence-corrected chi connectivity index (χ4v) is 5.02. The predicted molar refractivity (Wildman–Crippen MR) is 112 cm³/mol. The van der Waals surface area contributed by atoms with Crippen LogP contribution in [0.3, 0.4) is 0 Å². The van der Waals surface area contributed by atoms with Crippen LogP contribution < -0.4 is 14.2 Å². The highest BCUT2D eigenvalue weighted by atomic mass is 32.2. The van der Waals surface area contributed by atoms with Crippen molar-refractivity contribution >= 4 is 17.7 Å². The smallest absolute Gasteiger partial charge is 0.233 e. The van der Waals surface area contributed by atoms with Crippen LogP contribution >= 0.6 is 11.8 Å². The SMILES string of the molecule is COc1cc(OC)c(C2SCC(=O)N2CCCN2CCN(C)CC2)c(OC)c1. The maximum absolute atomic E-state index is 12.6. The number of nitrogens with zero attached hydrogens (tertiary/aromatic N) is 3. The molecule has 3 rings (SSSR count). The molecule has 28 heavy (non-hydrogen) atoms. The summed E-state index contributed by atoms with van der Waals surface area (Å²) in [7, 11) is 7.05. The lowest BCUT2D eigenvalue weighted by Crippen LogP contribution is -2.45. The van der Waals surface area contributed by atoms with Crippen LogP contribution in [-0.2, 0) is 4.79 Å². The quantitative estimate of drug-likeness (QED) is 0.650. The van der Waals surface area contributed by atoms with E-state index in [1.165, 1.54) is 0 Å². The Morgan fingerprint density at radius 2 is 1.64 bits per heavy atom. The van der Waals surface area contributed by atoms with E-state index in [-0.39, 0.29) is 11.3 Å². The third kappa shape index (κ3) is 4.67. The summed E-state index contributed by atoms with van der Waals surface area (Å²) in [4.78, 5) is 19.4. The van der Waals surface area contributed by atoms with Crippen molar-refractivity contribution in [1.82, 2.24) is 14.7 Å². The Balaban J connectivity index is 1.71. The number of methoxy groups -OCH3 is 3. The van der Waals surface area contributed by atoms with Crippen LogP contribution in [0.25, 0.3) is 0 Å². The third-order valence-corrected chi connectivity index (χ3v) is 6.66. The molecule has 0 radical (unpaired) electrons. The number of rotatable bonds is 8. The molecule has 1 amide bonds. The van der Waals surface area contributed by atoms with E-state index in [1.54, 1.807) is 33.1 Å². The number of thioether (sulfide) groups is 1. The molecule has 1 aromatic carbocycles. The molecule has 7 nitrogen and oxygen atoms in total. The minimum atomic E-state index is -0.101. The van der Waals surface area contributed by atoms with E-state index in [0.29, 0.717) is 23.0 Å². The molecule has 8 heteroatoms. The highest BCUT2D eigenvalue weighted by Gasteiger charge is 2.36. The molecule has 1 unspecified atom stereocenters. The molecule has 2 fully saturated rings. The van der Waals surface area contributed by atoms with E-state index < -0.39 is 0 Å². The minimum absolute atomic E-state index is 0.101. The molecular formula is C20H31N3O4S. The maximum atomic E-state index is 12.6. The second kappa shape index (κ2) is 9.71. The van der Waals surface area contributed by atoms with E-state index in [1.807, 2.05) is 17.0 Å². The van der Waals surface area contributed by atoms with Crippen molar-refractivity contribution in [2.45, 2.75) is 11.8 Å². The summed E-state index contributed by atoms with van der Waals surface area (Å²) in [6.07, 6.45) is 0.966. The first-order chi connectivity index (χ1) is 13.6. The lowest BCUT2D eigenvalue weighted by molar-refractivity contribution is -0.128. The van der Waals surface area contributed by atoms with Gasteiger partial charge in [0.2, 0.25) is 5.91 Å². The number of carbonyl (C=O) groups is 1. The molecule has 0 N–H and O–H groups in total. The zero-order chi connectivity index (χ0) is 20.1. The summed E-state index contributed by atoms with van der Waals surface area (Å²) < 4.78 is 16.6. The Morgan fingerprint density at radius 1 is 1.00 bits per heavy atom. The standard InChI is InChI=1S/C20H31N3O4S/c1-21-8-10-22(11-9-21)6-5-7-23-18(24)14-28-20(23)19-16(26-3)12-15(25-2)13-17(19)27-4/h12-13,20H,5-11,14H2,1-4H3. The summed E-state index contributed by atoms with van der Waals surface area (Å²) in [5.74, 6) is 2.71. The van der Waals surface area contributed by atoms with Gasteiger partial charge in [-0.15, -0.1) is 11.8 Å². The number of piperazine rings is 1. The lowest BCUT2D eigenvalue weighted by atomic mass is 10.1. The van der Waals surface area contributed by atoms with Gasteiger partial charge in [-0.1, -0.05) is 0 Å². The van der Waals surface area contributed by atoms with E-state index >= 15 is 0 Å². The Labute approximate surface area is 171 Å². The third-order valence-electron chi connectivity index (χ3n) is 5.44. The second-order valence-corrected chi connectivity index (χ2v) is 8.26. The number of carbonyl (C=O) groups excluding carboxylic acids is 1. The van der Waals surface area contributed by atoms with Gasteiger partial charge in [0.05, 0.1) is 32.6 Å². The van der Waals surface area contributed by atoms with Crippen LogP contribution in [0.4, 0.5) is 0 Å². The fraction of sp³-hybridized carbons (Fsp3) is 0.650. The van der Waals surface area contributed by atoms with Crippen molar-refractivity contribution in [2.24, 2.45) is 0 Å². The van der Waals surface area contributed by atoms with Crippen LogP contribution in [-0.4, -0.2) is 94.0 Å². The lowest BCUT2D eigenvalue weighted by Gasteiger charge is -2.33. The average molecular weight is 410 g/mol. The van der Waals surface area contributed by atoms with E-state index in [4.69, 9.17) is 14.2 Å². The van der Waals surface area contributed by atoms with Crippen molar-refractivity contribution in [2.75, 3.05) is 73.4 Å². The van der Waals surface area contributed by atoms with Crippen molar-refractivity contribution in [3.8, 4) is 17.2 Å². The van der Waals surface area contributed by atoms with Crippen LogP contribution in [0.5, 0.6) is 17.2 Å². The molecule has 2 aliphatic rings. The summed E-state index contributed by atoms with van der Waals surface area (Å²) in [6.45, 7) is 6.18. The Hall–Kier alpha value is -1.64. The summed E-state index contributed by atoms with van der Waals surface area (Å²) >= 11 is 1.63. The fourth-order valence-electron chi connectivity index (χ4n) is 3.75. The molecule has 2 saturated heterocycles. The average Bonchev–Trinajstić information content (AvgIpc) is 3.08. The van der Waals surface area contributed by atoms with Gasteiger partial charge in [-0.05, 0) is 20.0 Å². The normalized spacial score (nSPS) is 21.2. The zero-order valence-corrected chi connectivity index (χ0v) is 18.1. The zero-order valence-electron chi connectivity index (χ0n) is 17.3. The van der Waals surface area contributed by atoms with Gasteiger partial charge in [-0.3, -0.25) is 4.79 Å². The maximum Gasteiger partial charge on any atom is 0.233 e. The minimum Gasteiger partial charge on any atom is -0.496 e. The van der Waals surface area contributed by atoms with Gasteiger partial charge < -0.3 is 28.9 Å². The number of likely N-dealkylation sites (N-methyl/N-ethyl adjacent to an activating group) is 1. The molecule has 0 aromatic heterocycles. The van der Waals surface area contributed by atoms with Gasteiger partial charge >= 0.3 is 0 Å². The van der Waals surface area contributed by atoms with Crippen LogP contribution in [0.15, 0.2) is 12.1 Å². The van der Waals surface area contributed by atoms with Gasteiger partial charge in [0, 0.05) is 44.9 Å². The van der Waals surface area contributed by atoms with E-state index in [9.17, 15) is 4.79 Å². The molecule has 1 atom stereocenters. The van der Waals surface area contributed by atoms with Crippen LogP contribution in [0, 0.1) is 0 Å². The van der Waals surface area contributed by atoms with E-state index in [2.05, 4.69) is 16.8 Å². The second-order valence-electron chi connectivity index (χ2n) is 7.19. The van der Waals surface area contributed by atoms with Gasteiger partial charge in [-0.2, -0.15) is 0 Å². The molecule has 0 saturated carbocycles. The highest BCUT2D eigenvalue weighted by Crippen LogP contribution is 2.48. The summed E-state index contributed by atoms with van der Waals surface area (Å²) in [6, 6.07) is 3.70. The summed E-state index contributed by atoms with van der Waals surface area (Å²) in [5.41, 5.74) is 0.904. The van der Waals surface area contributed by atoms with Crippen molar-refractivity contribution in [3.63, 3.8) is 0 Å². The molecule has 0 spiro atoms. The van der Waals surface area contributed by atoms with Gasteiger partial charge in [0.25, 0.3) is 0 Å². The van der Waals surface area contributed by atoms with E-state index in [0.717, 1.165) is 51.3 Å². The van der Waals surface area contributed by atoms with Crippen LogP contribution in [0.2, 0.25) is 0 Å². The first kappa shape index (κ1) is 21.1. The molecule has 156 valence electrons. The number of benzene rings is 1.